The molecule has 6 nitrogen and oxygen atoms in total. The number of carbonyl (C=O) groups excluding carboxylic acids is 1. The van der Waals surface area contributed by atoms with Crippen LogP contribution in [-0.2, 0) is 4.84 Å². The second-order valence-electron chi connectivity index (χ2n) is 3.37. The summed E-state index contributed by atoms with van der Waals surface area (Å²) in [5, 5.41) is 11.9. The van der Waals surface area contributed by atoms with Crippen molar-refractivity contribution >= 4 is 11.6 Å². The zero-order chi connectivity index (χ0) is 11.5. The zero-order valence-electron chi connectivity index (χ0n) is 8.46. The van der Waals surface area contributed by atoms with Crippen LogP contribution in [0.1, 0.15) is 16.8 Å². The molecule has 0 aromatic heterocycles. The Balaban J connectivity index is 2.32. The Hall–Kier alpha value is -1.95. The minimum atomic E-state index is -0.566. The van der Waals surface area contributed by atoms with Crippen LogP contribution in [0.4, 0.5) is 5.69 Å². The minimum absolute atomic E-state index is 0.0643. The van der Waals surface area contributed by atoms with E-state index in [4.69, 9.17) is 4.84 Å². The summed E-state index contributed by atoms with van der Waals surface area (Å²) in [6.07, 6.45) is 0.756. The van der Waals surface area contributed by atoms with Crippen molar-refractivity contribution in [1.82, 2.24) is 5.06 Å². The van der Waals surface area contributed by atoms with Gasteiger partial charge >= 0.3 is 0 Å². The predicted octanol–water partition coefficient (Wildman–Crippen LogP) is 1.37. The second kappa shape index (κ2) is 4.28. The molecule has 84 valence electrons. The third-order valence-electron chi connectivity index (χ3n) is 2.31. The molecule has 0 unspecified atom stereocenters. The van der Waals surface area contributed by atoms with E-state index in [-0.39, 0.29) is 11.3 Å². The summed E-state index contributed by atoms with van der Waals surface area (Å²) in [5.74, 6) is -0.454. The molecule has 1 amide bonds. The normalized spacial score (nSPS) is 15.1. The minimum Gasteiger partial charge on any atom is -0.271 e. The number of benzene rings is 1. The molecule has 16 heavy (non-hydrogen) atoms. The van der Waals surface area contributed by atoms with Gasteiger partial charge in [-0.2, -0.15) is 0 Å². The first-order valence-electron chi connectivity index (χ1n) is 4.88. The van der Waals surface area contributed by atoms with Crippen LogP contribution in [0.25, 0.3) is 0 Å². The van der Waals surface area contributed by atoms with Crippen LogP contribution in [0.3, 0.4) is 0 Å². The summed E-state index contributed by atoms with van der Waals surface area (Å²) in [6, 6.07) is 5.86. The molecule has 0 N–H and O–H groups in total. The SMILES string of the molecule is O=C(c1ccccc1[N+](=O)[O-])N1CCCO1. The van der Waals surface area contributed by atoms with Gasteiger partial charge in [0.15, 0.2) is 0 Å². The molecule has 1 heterocycles. The fourth-order valence-electron chi connectivity index (χ4n) is 1.56. The van der Waals surface area contributed by atoms with Gasteiger partial charge in [-0.1, -0.05) is 12.1 Å². The first-order valence-corrected chi connectivity index (χ1v) is 4.88. The number of carbonyl (C=O) groups is 1. The highest BCUT2D eigenvalue weighted by molar-refractivity contribution is 5.97. The number of rotatable bonds is 2. The van der Waals surface area contributed by atoms with Crippen molar-refractivity contribution < 1.29 is 14.6 Å². The zero-order valence-corrected chi connectivity index (χ0v) is 8.46. The average Bonchev–Trinajstić information content (AvgIpc) is 2.81. The quantitative estimate of drug-likeness (QED) is 0.559. The van der Waals surface area contributed by atoms with E-state index in [0.717, 1.165) is 6.42 Å². The van der Waals surface area contributed by atoms with Crippen molar-refractivity contribution in [2.24, 2.45) is 0 Å². The molecule has 0 saturated carbocycles. The van der Waals surface area contributed by atoms with Gasteiger partial charge in [-0.15, -0.1) is 0 Å². The third-order valence-corrected chi connectivity index (χ3v) is 2.31. The fraction of sp³-hybridized carbons (Fsp3) is 0.300. The van der Waals surface area contributed by atoms with Gasteiger partial charge in [-0.05, 0) is 12.5 Å². The molecule has 1 saturated heterocycles. The standard InChI is InChI=1S/C10H10N2O4/c13-10(11-6-3-7-16-11)8-4-1-2-5-9(8)12(14)15/h1-2,4-5H,3,6-7H2. The predicted molar refractivity (Wildman–Crippen MR) is 54.7 cm³/mol. The van der Waals surface area contributed by atoms with Crippen LogP contribution >= 0.6 is 0 Å². The Kier molecular flexibility index (Phi) is 2.82. The van der Waals surface area contributed by atoms with Crippen molar-refractivity contribution in [3.8, 4) is 0 Å². The smallest absolute Gasteiger partial charge is 0.271 e. The van der Waals surface area contributed by atoms with Gasteiger partial charge in [0.05, 0.1) is 18.1 Å². The third kappa shape index (κ3) is 1.87. The van der Waals surface area contributed by atoms with E-state index in [0.29, 0.717) is 13.2 Å². The number of para-hydroxylation sites is 1. The molecule has 1 aliphatic heterocycles. The Bertz CT molecular complexity index is 427. The van der Waals surface area contributed by atoms with Crippen LogP contribution in [0.2, 0.25) is 0 Å². The second-order valence-corrected chi connectivity index (χ2v) is 3.37. The number of amides is 1. The van der Waals surface area contributed by atoms with E-state index in [1.54, 1.807) is 6.07 Å². The molecule has 0 bridgehead atoms. The molecule has 2 rings (SSSR count). The molecule has 1 fully saturated rings. The van der Waals surface area contributed by atoms with Gasteiger partial charge < -0.3 is 0 Å². The van der Waals surface area contributed by atoms with Crippen LogP contribution in [0.5, 0.6) is 0 Å². The summed E-state index contributed by atoms with van der Waals surface area (Å²) >= 11 is 0. The van der Waals surface area contributed by atoms with Crippen LogP contribution < -0.4 is 0 Å². The Labute approximate surface area is 91.5 Å². The first kappa shape index (κ1) is 10.6. The highest BCUT2D eigenvalue weighted by Crippen LogP contribution is 2.21. The number of nitro groups is 1. The van der Waals surface area contributed by atoms with Crippen molar-refractivity contribution in [3.63, 3.8) is 0 Å². The molecule has 0 radical (unpaired) electrons. The van der Waals surface area contributed by atoms with Crippen molar-refractivity contribution in [3.05, 3.63) is 39.9 Å². The molecule has 1 aliphatic rings. The first-order chi connectivity index (χ1) is 7.70. The molecule has 1 aromatic carbocycles. The maximum atomic E-state index is 11.9. The molecule has 0 atom stereocenters. The highest BCUT2D eigenvalue weighted by atomic mass is 16.7. The van der Waals surface area contributed by atoms with E-state index < -0.39 is 10.8 Å². The van der Waals surface area contributed by atoms with E-state index >= 15 is 0 Å². The fourth-order valence-corrected chi connectivity index (χ4v) is 1.56. The number of hydroxylamine groups is 2. The average molecular weight is 222 g/mol. The van der Waals surface area contributed by atoms with E-state index in [1.165, 1.54) is 23.3 Å². The van der Waals surface area contributed by atoms with Gasteiger partial charge in [0.25, 0.3) is 11.6 Å². The Morgan fingerprint density at radius 3 is 2.81 bits per heavy atom. The van der Waals surface area contributed by atoms with Gasteiger partial charge in [-0.25, -0.2) is 5.06 Å². The lowest BCUT2D eigenvalue weighted by Crippen LogP contribution is -2.27. The molecular weight excluding hydrogens is 212 g/mol. The lowest BCUT2D eigenvalue weighted by atomic mass is 10.1. The van der Waals surface area contributed by atoms with Gasteiger partial charge in [0, 0.05) is 6.07 Å². The van der Waals surface area contributed by atoms with Crippen molar-refractivity contribution in [1.29, 1.82) is 0 Å². The summed E-state index contributed by atoms with van der Waals surface area (Å²) in [5.41, 5.74) is -0.127. The van der Waals surface area contributed by atoms with Gasteiger partial charge in [0.1, 0.15) is 5.56 Å². The van der Waals surface area contributed by atoms with E-state index in [1.807, 2.05) is 0 Å². The number of nitrogens with zero attached hydrogens (tertiary/aromatic N) is 2. The van der Waals surface area contributed by atoms with Crippen LogP contribution in [0.15, 0.2) is 24.3 Å². The lowest BCUT2D eigenvalue weighted by Gasteiger charge is -2.13. The van der Waals surface area contributed by atoms with Crippen LogP contribution in [-0.4, -0.2) is 29.0 Å². The molecular formula is C10H10N2O4. The number of hydrogen-bond donors (Lipinski definition) is 0. The lowest BCUT2D eigenvalue weighted by molar-refractivity contribution is -0.385. The highest BCUT2D eigenvalue weighted by Gasteiger charge is 2.26. The Morgan fingerprint density at radius 2 is 2.19 bits per heavy atom. The molecule has 6 heteroatoms. The summed E-state index contributed by atoms with van der Waals surface area (Å²) in [7, 11) is 0. The Morgan fingerprint density at radius 1 is 1.44 bits per heavy atom. The largest absolute Gasteiger partial charge is 0.284 e. The summed E-state index contributed by atoms with van der Waals surface area (Å²) < 4.78 is 0. The monoisotopic (exact) mass is 222 g/mol. The summed E-state index contributed by atoms with van der Waals surface area (Å²) in [4.78, 5) is 27.1. The van der Waals surface area contributed by atoms with Crippen molar-refractivity contribution in [2.75, 3.05) is 13.2 Å². The maximum absolute atomic E-state index is 11.9. The molecule has 0 spiro atoms. The van der Waals surface area contributed by atoms with E-state index in [2.05, 4.69) is 0 Å². The molecule has 0 aliphatic carbocycles. The number of hydrogen-bond acceptors (Lipinski definition) is 4. The summed E-state index contributed by atoms with van der Waals surface area (Å²) in [6.45, 7) is 0.956. The van der Waals surface area contributed by atoms with Crippen molar-refractivity contribution in [2.45, 2.75) is 6.42 Å². The van der Waals surface area contributed by atoms with Gasteiger partial charge in [-0.3, -0.25) is 19.7 Å². The topological polar surface area (TPSA) is 72.7 Å². The number of nitro benzene ring substituents is 1. The van der Waals surface area contributed by atoms with Gasteiger partial charge in [0.2, 0.25) is 0 Å². The van der Waals surface area contributed by atoms with Crippen LogP contribution in [0, 0.1) is 10.1 Å². The molecule has 1 aromatic rings. The van der Waals surface area contributed by atoms with E-state index in [9.17, 15) is 14.9 Å². The maximum Gasteiger partial charge on any atom is 0.284 e.